The highest BCUT2D eigenvalue weighted by Gasteiger charge is 2.31. The van der Waals surface area contributed by atoms with Crippen LogP contribution in [0.3, 0.4) is 0 Å². The zero-order valence-electron chi connectivity index (χ0n) is 17.8. The van der Waals surface area contributed by atoms with Gasteiger partial charge in [0.15, 0.2) is 11.5 Å². The number of nitrogens with one attached hydrogen (secondary N) is 1. The molecule has 1 atom stereocenters. The second kappa shape index (κ2) is 9.28. The average molecular weight is 449 g/mol. The number of hydrogen-bond acceptors (Lipinski definition) is 5. The van der Waals surface area contributed by atoms with Crippen LogP contribution in [-0.4, -0.2) is 56.7 Å². The predicted octanol–water partition coefficient (Wildman–Crippen LogP) is 3.48. The monoisotopic (exact) mass is 449 g/mol. The Kier molecular flexibility index (Phi) is 6.45. The first kappa shape index (κ1) is 22.3. The Hall–Kier alpha value is -2.94. The molecule has 0 radical (unpaired) electrons. The molecule has 0 saturated carbocycles. The van der Waals surface area contributed by atoms with Crippen LogP contribution in [0.15, 0.2) is 42.5 Å². The number of ether oxygens (including phenoxy) is 2. The summed E-state index contributed by atoms with van der Waals surface area (Å²) in [6.45, 7) is 5.51. The molecule has 1 fully saturated rings. The van der Waals surface area contributed by atoms with E-state index in [2.05, 4.69) is 5.32 Å². The summed E-state index contributed by atoms with van der Waals surface area (Å²) < 4.78 is 50.0. The lowest BCUT2D eigenvalue weighted by molar-refractivity contribution is -0.137. The van der Waals surface area contributed by atoms with Crippen molar-refractivity contribution in [1.29, 1.82) is 0 Å². The summed E-state index contributed by atoms with van der Waals surface area (Å²) in [5.74, 6) is 1.29. The van der Waals surface area contributed by atoms with E-state index in [4.69, 9.17) is 9.47 Å². The highest BCUT2D eigenvalue weighted by Crippen LogP contribution is 2.33. The van der Waals surface area contributed by atoms with E-state index in [0.29, 0.717) is 56.6 Å². The number of carbonyl (C=O) groups excluding carboxylic acids is 1. The van der Waals surface area contributed by atoms with Crippen molar-refractivity contribution in [3.63, 3.8) is 0 Å². The second-order valence-corrected chi connectivity index (χ2v) is 8.00. The van der Waals surface area contributed by atoms with Crippen LogP contribution in [0.2, 0.25) is 0 Å². The minimum atomic E-state index is -4.36. The van der Waals surface area contributed by atoms with Gasteiger partial charge in [0.2, 0.25) is 5.91 Å². The van der Waals surface area contributed by atoms with Gasteiger partial charge in [0.05, 0.1) is 18.2 Å². The number of nitrogens with zero attached hydrogens (tertiary/aromatic N) is 2. The van der Waals surface area contributed by atoms with Crippen molar-refractivity contribution in [2.75, 3.05) is 50.8 Å². The summed E-state index contributed by atoms with van der Waals surface area (Å²) in [5.41, 5.74) is 0.832. The van der Waals surface area contributed by atoms with E-state index in [0.717, 1.165) is 11.6 Å². The topological polar surface area (TPSA) is 54.0 Å². The molecule has 1 N–H and O–H groups in total. The fourth-order valence-corrected chi connectivity index (χ4v) is 3.95. The minimum absolute atomic E-state index is 0.0973. The normalized spacial score (nSPS) is 17.7. The molecule has 1 saturated heterocycles. The quantitative estimate of drug-likeness (QED) is 0.758. The molecule has 2 aromatic carbocycles. The van der Waals surface area contributed by atoms with Crippen LogP contribution in [-0.2, 0) is 11.0 Å². The summed E-state index contributed by atoms with van der Waals surface area (Å²) in [6, 6.07) is 10.8. The van der Waals surface area contributed by atoms with Crippen molar-refractivity contribution in [3.8, 4) is 11.5 Å². The summed E-state index contributed by atoms with van der Waals surface area (Å²) in [5, 5.41) is 3.00. The molecule has 0 unspecified atom stereocenters. The van der Waals surface area contributed by atoms with Gasteiger partial charge in [-0.15, -0.1) is 0 Å². The maximum Gasteiger partial charge on any atom is 0.416 e. The van der Waals surface area contributed by atoms with E-state index in [1.54, 1.807) is 6.07 Å². The standard InChI is InChI=1S/C23H26F3N3O3/c1-16(17-5-6-20-21(13-17)32-12-11-31-20)27-22(30)15-28-7-9-29(10-8-28)19-4-2-3-18(14-19)23(24,25)26/h2-6,13-14,16H,7-12,15H2,1H3,(H,27,30)/t16-/m1/s1. The molecule has 6 nitrogen and oxygen atoms in total. The Labute approximate surface area is 184 Å². The zero-order chi connectivity index (χ0) is 22.7. The smallest absolute Gasteiger partial charge is 0.416 e. The minimum Gasteiger partial charge on any atom is -0.486 e. The fourth-order valence-electron chi connectivity index (χ4n) is 3.95. The number of anilines is 1. The van der Waals surface area contributed by atoms with Crippen molar-refractivity contribution in [3.05, 3.63) is 53.6 Å². The lowest BCUT2D eigenvalue weighted by atomic mass is 10.1. The van der Waals surface area contributed by atoms with Crippen LogP contribution in [0, 0.1) is 0 Å². The van der Waals surface area contributed by atoms with Gasteiger partial charge in [-0.1, -0.05) is 12.1 Å². The van der Waals surface area contributed by atoms with E-state index in [1.807, 2.05) is 34.9 Å². The molecule has 2 aliphatic rings. The first-order chi connectivity index (χ1) is 15.3. The van der Waals surface area contributed by atoms with Crippen molar-refractivity contribution in [1.82, 2.24) is 10.2 Å². The van der Waals surface area contributed by atoms with Gasteiger partial charge in [0, 0.05) is 31.9 Å². The largest absolute Gasteiger partial charge is 0.486 e. The SMILES string of the molecule is C[C@@H](NC(=O)CN1CCN(c2cccc(C(F)(F)F)c2)CC1)c1ccc2c(c1)OCCO2. The van der Waals surface area contributed by atoms with E-state index < -0.39 is 11.7 Å². The molecule has 2 aromatic rings. The van der Waals surface area contributed by atoms with E-state index >= 15 is 0 Å². The summed E-state index contributed by atoms with van der Waals surface area (Å²) >= 11 is 0. The molecule has 0 aliphatic carbocycles. The van der Waals surface area contributed by atoms with E-state index in [-0.39, 0.29) is 18.5 Å². The van der Waals surface area contributed by atoms with Crippen molar-refractivity contribution < 1.29 is 27.4 Å². The van der Waals surface area contributed by atoms with E-state index in [9.17, 15) is 18.0 Å². The lowest BCUT2D eigenvalue weighted by Crippen LogP contribution is -2.49. The zero-order valence-corrected chi connectivity index (χ0v) is 17.8. The average Bonchev–Trinajstić information content (AvgIpc) is 2.78. The van der Waals surface area contributed by atoms with Gasteiger partial charge in [0.25, 0.3) is 0 Å². The second-order valence-electron chi connectivity index (χ2n) is 8.00. The molecule has 32 heavy (non-hydrogen) atoms. The first-order valence-corrected chi connectivity index (χ1v) is 10.6. The summed E-state index contributed by atoms with van der Waals surface area (Å²) in [7, 11) is 0. The summed E-state index contributed by atoms with van der Waals surface area (Å²) in [4.78, 5) is 16.5. The van der Waals surface area contributed by atoms with Crippen LogP contribution in [0.1, 0.15) is 24.1 Å². The number of hydrogen-bond donors (Lipinski definition) is 1. The number of alkyl halides is 3. The first-order valence-electron chi connectivity index (χ1n) is 10.6. The molecule has 0 spiro atoms. The highest BCUT2D eigenvalue weighted by molar-refractivity contribution is 5.78. The van der Waals surface area contributed by atoms with Crippen LogP contribution in [0.5, 0.6) is 11.5 Å². The van der Waals surface area contributed by atoms with Gasteiger partial charge in [0.1, 0.15) is 13.2 Å². The van der Waals surface area contributed by atoms with Crippen molar-refractivity contribution in [2.24, 2.45) is 0 Å². The maximum atomic E-state index is 13.0. The Morgan fingerprint density at radius 1 is 1.03 bits per heavy atom. The Bertz CT molecular complexity index is 959. The van der Waals surface area contributed by atoms with Crippen molar-refractivity contribution in [2.45, 2.75) is 19.1 Å². The molecule has 2 aliphatic heterocycles. The van der Waals surface area contributed by atoms with Gasteiger partial charge < -0.3 is 19.7 Å². The lowest BCUT2D eigenvalue weighted by Gasteiger charge is -2.36. The predicted molar refractivity (Wildman–Crippen MR) is 114 cm³/mol. The summed E-state index contributed by atoms with van der Waals surface area (Å²) in [6.07, 6.45) is -4.36. The van der Waals surface area contributed by atoms with Gasteiger partial charge in [-0.3, -0.25) is 9.69 Å². The number of rotatable bonds is 5. The van der Waals surface area contributed by atoms with E-state index in [1.165, 1.54) is 12.1 Å². The molecule has 1 amide bonds. The van der Waals surface area contributed by atoms with Crippen LogP contribution < -0.4 is 19.7 Å². The van der Waals surface area contributed by atoms with Gasteiger partial charge in [-0.25, -0.2) is 0 Å². The van der Waals surface area contributed by atoms with Gasteiger partial charge >= 0.3 is 6.18 Å². The third-order valence-electron chi connectivity index (χ3n) is 5.72. The third-order valence-corrected chi connectivity index (χ3v) is 5.72. The van der Waals surface area contributed by atoms with Gasteiger partial charge in [-0.05, 0) is 42.8 Å². The fraction of sp³-hybridized carbons (Fsp3) is 0.435. The third kappa shape index (κ3) is 5.27. The number of halogens is 3. The van der Waals surface area contributed by atoms with Crippen molar-refractivity contribution >= 4 is 11.6 Å². The number of fused-ring (bicyclic) bond motifs is 1. The molecule has 0 aromatic heterocycles. The molecule has 4 rings (SSSR count). The number of carbonyl (C=O) groups is 1. The molecule has 0 bridgehead atoms. The van der Waals surface area contributed by atoms with Crippen LogP contribution in [0.25, 0.3) is 0 Å². The maximum absolute atomic E-state index is 13.0. The molecule has 172 valence electrons. The van der Waals surface area contributed by atoms with Gasteiger partial charge in [-0.2, -0.15) is 13.2 Å². The van der Waals surface area contributed by atoms with Crippen LogP contribution in [0.4, 0.5) is 18.9 Å². The molecular weight excluding hydrogens is 423 g/mol. The Morgan fingerprint density at radius 2 is 1.75 bits per heavy atom. The number of benzene rings is 2. The molecular formula is C23H26F3N3O3. The number of amides is 1. The Morgan fingerprint density at radius 3 is 2.47 bits per heavy atom. The van der Waals surface area contributed by atoms with Crippen LogP contribution >= 0.6 is 0 Å². The number of piperazine rings is 1. The molecule has 2 heterocycles. The molecule has 9 heteroatoms. The highest BCUT2D eigenvalue weighted by atomic mass is 19.4. The Balaban J connectivity index is 1.27.